The highest BCUT2D eigenvalue weighted by molar-refractivity contribution is 9.10. The maximum Gasteiger partial charge on any atom is 0.0410 e. The summed E-state index contributed by atoms with van der Waals surface area (Å²) in [6.45, 7) is 1.89. The number of hydrogen-bond donors (Lipinski definition) is 1. The second-order valence-electron chi connectivity index (χ2n) is 2.91. The Hall–Kier alpha value is 0.300. The molecule has 14 heavy (non-hydrogen) atoms. The highest BCUT2D eigenvalue weighted by atomic mass is 79.9. The molecular formula is C10H13BrClNS. The third kappa shape index (κ3) is 4.22. The van der Waals surface area contributed by atoms with Crippen LogP contribution in [0.15, 0.2) is 22.7 Å². The summed E-state index contributed by atoms with van der Waals surface area (Å²) in [6.07, 6.45) is 2.11. The molecule has 4 heteroatoms. The van der Waals surface area contributed by atoms with E-state index in [1.54, 1.807) is 0 Å². The third-order valence-corrected chi connectivity index (χ3v) is 3.43. The summed E-state index contributed by atoms with van der Waals surface area (Å²) in [5.74, 6) is 1.14. The molecule has 1 nitrogen and oxygen atoms in total. The molecule has 1 aromatic rings. The van der Waals surface area contributed by atoms with Gasteiger partial charge < -0.3 is 5.32 Å². The average molecular weight is 295 g/mol. The van der Waals surface area contributed by atoms with Gasteiger partial charge in [0.2, 0.25) is 0 Å². The fourth-order valence-electron chi connectivity index (χ4n) is 1.08. The van der Waals surface area contributed by atoms with Crippen LogP contribution in [0.5, 0.6) is 0 Å². The van der Waals surface area contributed by atoms with Crippen molar-refractivity contribution < 1.29 is 0 Å². The topological polar surface area (TPSA) is 12.0 Å². The summed E-state index contributed by atoms with van der Waals surface area (Å²) in [5, 5.41) is 4.15. The van der Waals surface area contributed by atoms with Crippen LogP contribution < -0.4 is 5.32 Å². The summed E-state index contributed by atoms with van der Waals surface area (Å²) in [5.41, 5.74) is 1.21. The van der Waals surface area contributed by atoms with E-state index in [1.165, 1.54) is 5.56 Å². The van der Waals surface area contributed by atoms with Crippen LogP contribution in [0.3, 0.4) is 0 Å². The zero-order chi connectivity index (χ0) is 10.4. The zero-order valence-electron chi connectivity index (χ0n) is 8.02. The van der Waals surface area contributed by atoms with E-state index in [0.717, 1.165) is 28.3 Å². The van der Waals surface area contributed by atoms with Crippen molar-refractivity contribution in [2.24, 2.45) is 0 Å². The van der Waals surface area contributed by atoms with E-state index in [-0.39, 0.29) is 0 Å². The predicted octanol–water partition coefficient (Wildman–Crippen LogP) is 3.56. The second-order valence-corrected chi connectivity index (χ2v) is 5.18. The first-order valence-electron chi connectivity index (χ1n) is 4.37. The minimum atomic E-state index is 0.787. The van der Waals surface area contributed by atoms with E-state index in [4.69, 9.17) is 11.6 Å². The Morgan fingerprint density at radius 3 is 3.00 bits per heavy atom. The first-order chi connectivity index (χ1) is 6.74. The van der Waals surface area contributed by atoms with E-state index >= 15 is 0 Å². The number of halogens is 2. The Labute approximate surface area is 103 Å². The maximum atomic E-state index is 5.90. The second kappa shape index (κ2) is 6.72. The van der Waals surface area contributed by atoms with Crippen LogP contribution in [0.25, 0.3) is 0 Å². The molecule has 0 aromatic heterocycles. The van der Waals surface area contributed by atoms with Crippen molar-refractivity contribution in [2.45, 2.75) is 6.54 Å². The van der Waals surface area contributed by atoms with Crippen molar-refractivity contribution >= 4 is 39.3 Å². The molecule has 1 N–H and O–H groups in total. The minimum absolute atomic E-state index is 0.787. The summed E-state index contributed by atoms with van der Waals surface area (Å²) in [4.78, 5) is 0. The van der Waals surface area contributed by atoms with Crippen LogP contribution in [0.4, 0.5) is 0 Å². The molecule has 0 spiro atoms. The van der Waals surface area contributed by atoms with E-state index < -0.39 is 0 Å². The van der Waals surface area contributed by atoms with Crippen molar-refractivity contribution in [3.63, 3.8) is 0 Å². The van der Waals surface area contributed by atoms with Crippen LogP contribution in [-0.4, -0.2) is 18.6 Å². The van der Waals surface area contributed by atoms with Crippen molar-refractivity contribution in [3.8, 4) is 0 Å². The van der Waals surface area contributed by atoms with Crippen LogP contribution in [0.2, 0.25) is 5.02 Å². The molecule has 0 saturated carbocycles. The van der Waals surface area contributed by atoms with Gasteiger partial charge in [-0.05, 0) is 30.0 Å². The van der Waals surface area contributed by atoms with Gasteiger partial charge in [-0.15, -0.1) is 0 Å². The predicted molar refractivity (Wildman–Crippen MR) is 69.2 cm³/mol. The SMILES string of the molecule is CSCCNCc1cc(Cl)ccc1Br. The molecular weight excluding hydrogens is 282 g/mol. The normalized spacial score (nSPS) is 10.5. The first kappa shape index (κ1) is 12.4. The van der Waals surface area contributed by atoms with E-state index in [0.29, 0.717) is 0 Å². The molecule has 0 unspecified atom stereocenters. The summed E-state index contributed by atoms with van der Waals surface area (Å²) >= 11 is 11.2. The van der Waals surface area contributed by atoms with Crippen molar-refractivity contribution in [1.29, 1.82) is 0 Å². The summed E-state index contributed by atoms with van der Waals surface area (Å²) in [6, 6.07) is 5.85. The first-order valence-corrected chi connectivity index (χ1v) is 6.94. The molecule has 0 amide bonds. The lowest BCUT2D eigenvalue weighted by Crippen LogP contribution is -2.16. The van der Waals surface area contributed by atoms with Crippen molar-refractivity contribution in [2.75, 3.05) is 18.6 Å². The third-order valence-electron chi connectivity index (χ3n) is 1.81. The van der Waals surface area contributed by atoms with Crippen molar-refractivity contribution in [3.05, 3.63) is 33.3 Å². The maximum absolute atomic E-state index is 5.90. The number of rotatable bonds is 5. The number of hydrogen-bond acceptors (Lipinski definition) is 2. The highest BCUT2D eigenvalue weighted by Crippen LogP contribution is 2.20. The van der Waals surface area contributed by atoms with Gasteiger partial charge in [0.15, 0.2) is 0 Å². The molecule has 0 aliphatic heterocycles. The molecule has 1 rings (SSSR count). The lowest BCUT2D eigenvalue weighted by Gasteiger charge is -2.06. The van der Waals surface area contributed by atoms with Gasteiger partial charge in [-0.2, -0.15) is 11.8 Å². The van der Waals surface area contributed by atoms with Crippen LogP contribution in [0, 0.1) is 0 Å². The Bertz CT molecular complexity index is 293. The monoisotopic (exact) mass is 293 g/mol. The van der Waals surface area contributed by atoms with E-state index in [2.05, 4.69) is 27.5 Å². The van der Waals surface area contributed by atoms with Crippen LogP contribution in [0.1, 0.15) is 5.56 Å². The lowest BCUT2D eigenvalue weighted by atomic mass is 10.2. The number of benzene rings is 1. The number of thioether (sulfide) groups is 1. The lowest BCUT2D eigenvalue weighted by molar-refractivity contribution is 0.730. The molecule has 0 bridgehead atoms. The highest BCUT2D eigenvalue weighted by Gasteiger charge is 1.99. The Morgan fingerprint density at radius 2 is 2.29 bits per heavy atom. The van der Waals surface area contributed by atoms with E-state index in [1.807, 2.05) is 30.0 Å². The van der Waals surface area contributed by atoms with Gasteiger partial charge in [-0.3, -0.25) is 0 Å². The number of nitrogens with one attached hydrogen (secondary N) is 1. The summed E-state index contributed by atoms with van der Waals surface area (Å²) in [7, 11) is 0. The fourth-order valence-corrected chi connectivity index (χ4v) is 2.01. The Morgan fingerprint density at radius 1 is 1.50 bits per heavy atom. The summed E-state index contributed by atoms with van der Waals surface area (Å²) < 4.78 is 1.11. The molecule has 0 saturated heterocycles. The molecule has 1 aromatic carbocycles. The van der Waals surface area contributed by atoms with Gasteiger partial charge in [0.1, 0.15) is 0 Å². The molecule has 0 fully saturated rings. The zero-order valence-corrected chi connectivity index (χ0v) is 11.2. The largest absolute Gasteiger partial charge is 0.312 e. The van der Waals surface area contributed by atoms with E-state index in [9.17, 15) is 0 Å². The molecule has 0 radical (unpaired) electrons. The average Bonchev–Trinajstić information content (AvgIpc) is 2.18. The van der Waals surface area contributed by atoms with Gasteiger partial charge in [0.25, 0.3) is 0 Å². The van der Waals surface area contributed by atoms with Gasteiger partial charge >= 0.3 is 0 Å². The van der Waals surface area contributed by atoms with Gasteiger partial charge in [0.05, 0.1) is 0 Å². The smallest absolute Gasteiger partial charge is 0.0410 e. The standard InChI is InChI=1S/C10H13BrClNS/c1-14-5-4-13-7-8-6-9(12)2-3-10(8)11/h2-3,6,13H,4-5,7H2,1H3. The quantitative estimate of drug-likeness (QED) is 0.834. The fraction of sp³-hybridized carbons (Fsp3) is 0.400. The Balaban J connectivity index is 2.45. The van der Waals surface area contributed by atoms with Crippen molar-refractivity contribution in [1.82, 2.24) is 5.32 Å². The molecule has 78 valence electrons. The molecule has 0 heterocycles. The molecule has 0 aliphatic rings. The molecule has 0 aliphatic carbocycles. The minimum Gasteiger partial charge on any atom is -0.312 e. The van der Waals surface area contributed by atoms with Crippen LogP contribution >= 0.6 is 39.3 Å². The van der Waals surface area contributed by atoms with Gasteiger partial charge in [-0.25, -0.2) is 0 Å². The van der Waals surface area contributed by atoms with Gasteiger partial charge in [0, 0.05) is 28.3 Å². The van der Waals surface area contributed by atoms with Gasteiger partial charge in [-0.1, -0.05) is 27.5 Å². The Kier molecular flexibility index (Phi) is 5.94. The molecule has 0 atom stereocenters. The van der Waals surface area contributed by atoms with Crippen LogP contribution in [-0.2, 0) is 6.54 Å².